The Morgan fingerprint density at radius 2 is 1.69 bits per heavy atom. The molecule has 0 N–H and O–H groups in total. The Labute approximate surface area is 171 Å². The van der Waals surface area contributed by atoms with Gasteiger partial charge in [0.05, 0.1) is 4.92 Å². The third kappa shape index (κ3) is 5.48. The second-order valence-corrected chi connectivity index (χ2v) is 7.41. The van der Waals surface area contributed by atoms with Gasteiger partial charge >= 0.3 is 0 Å². The third-order valence-corrected chi connectivity index (χ3v) is 5.24. The summed E-state index contributed by atoms with van der Waals surface area (Å²) in [6.45, 7) is 4.05. The Morgan fingerprint density at radius 3 is 2.34 bits per heavy atom. The Morgan fingerprint density at radius 1 is 1.03 bits per heavy atom. The lowest BCUT2D eigenvalue weighted by atomic mass is 10.0. The fraction of sp³-hybridized carbons (Fsp3) is 0.364. The summed E-state index contributed by atoms with van der Waals surface area (Å²) in [5.41, 5.74) is 1.61. The van der Waals surface area contributed by atoms with Gasteiger partial charge in [-0.25, -0.2) is 9.97 Å². The van der Waals surface area contributed by atoms with Crippen LogP contribution in [0.3, 0.4) is 0 Å². The van der Waals surface area contributed by atoms with Gasteiger partial charge in [0.2, 0.25) is 0 Å². The van der Waals surface area contributed by atoms with Gasteiger partial charge in [0, 0.05) is 36.5 Å². The highest BCUT2D eigenvalue weighted by Crippen LogP contribution is 2.23. The fourth-order valence-corrected chi connectivity index (χ4v) is 3.40. The number of nitrogens with zero attached hydrogens (tertiary/aromatic N) is 5. The first-order chi connectivity index (χ1) is 13.9. The van der Waals surface area contributed by atoms with E-state index < -0.39 is 4.92 Å². The summed E-state index contributed by atoms with van der Waals surface area (Å²) in [6.07, 6.45) is 2.16. The average molecular weight is 393 g/mol. The van der Waals surface area contributed by atoms with Gasteiger partial charge in [0.1, 0.15) is 5.82 Å². The van der Waals surface area contributed by atoms with E-state index in [-0.39, 0.29) is 5.69 Å². The van der Waals surface area contributed by atoms with Crippen molar-refractivity contribution in [3.8, 4) is 11.4 Å². The number of benzene rings is 1. The van der Waals surface area contributed by atoms with Crippen LogP contribution in [0.15, 0.2) is 54.6 Å². The van der Waals surface area contributed by atoms with Crippen LogP contribution in [0.5, 0.6) is 0 Å². The lowest BCUT2D eigenvalue weighted by Gasteiger charge is -2.35. The molecule has 1 aliphatic heterocycles. The van der Waals surface area contributed by atoms with Crippen LogP contribution in [0, 0.1) is 17.0 Å². The standard InChI is InChI=1S/C22H27N5O2/c1-17-7-5-4-6-8-21(26(3)19-13-15-25(2)16-14-19)24-22(23-17)18-9-11-20(12-10-18)27(28)29/h4-12,19H,13-16H2,1-3H3. The minimum absolute atomic E-state index is 0.0527. The normalized spacial score (nSPS) is 14.9. The zero-order chi connectivity index (χ0) is 20.8. The van der Waals surface area contributed by atoms with E-state index in [0.717, 1.165) is 43.0 Å². The van der Waals surface area contributed by atoms with Crippen molar-refractivity contribution in [1.82, 2.24) is 14.9 Å². The van der Waals surface area contributed by atoms with E-state index in [2.05, 4.69) is 28.9 Å². The van der Waals surface area contributed by atoms with Gasteiger partial charge in [-0.15, -0.1) is 0 Å². The molecule has 0 bridgehead atoms. The van der Waals surface area contributed by atoms with Crippen molar-refractivity contribution < 1.29 is 4.92 Å². The molecule has 0 saturated carbocycles. The number of piperidine rings is 1. The molecule has 1 aromatic carbocycles. The quantitative estimate of drug-likeness (QED) is 0.577. The van der Waals surface area contributed by atoms with E-state index in [4.69, 9.17) is 4.98 Å². The van der Waals surface area contributed by atoms with Crippen molar-refractivity contribution in [2.45, 2.75) is 25.8 Å². The summed E-state index contributed by atoms with van der Waals surface area (Å²) >= 11 is 0. The van der Waals surface area contributed by atoms with Crippen LogP contribution < -0.4 is 4.90 Å². The highest BCUT2D eigenvalue weighted by atomic mass is 16.6. The third-order valence-electron chi connectivity index (χ3n) is 5.24. The van der Waals surface area contributed by atoms with Crippen LogP contribution in [-0.2, 0) is 0 Å². The molecule has 3 rings (SSSR count). The predicted molar refractivity (Wildman–Crippen MR) is 115 cm³/mol. The van der Waals surface area contributed by atoms with Crippen LogP contribution >= 0.6 is 0 Å². The van der Waals surface area contributed by atoms with Crippen molar-refractivity contribution in [3.63, 3.8) is 0 Å². The minimum atomic E-state index is -0.403. The van der Waals surface area contributed by atoms with Crippen molar-refractivity contribution in [1.29, 1.82) is 0 Å². The van der Waals surface area contributed by atoms with E-state index in [1.165, 1.54) is 12.1 Å². The molecule has 0 aliphatic carbocycles. The van der Waals surface area contributed by atoms with Gasteiger partial charge in [0.25, 0.3) is 5.69 Å². The summed E-state index contributed by atoms with van der Waals surface area (Å²) in [5, 5.41) is 11.0. The summed E-state index contributed by atoms with van der Waals surface area (Å²) in [5.74, 6) is 1.37. The molecule has 0 unspecified atom stereocenters. The highest BCUT2D eigenvalue weighted by molar-refractivity contribution is 5.58. The first kappa shape index (κ1) is 20.7. The van der Waals surface area contributed by atoms with Crippen molar-refractivity contribution in [3.05, 3.63) is 70.4 Å². The van der Waals surface area contributed by atoms with Gasteiger partial charge < -0.3 is 9.80 Å². The molecule has 0 spiro atoms. The molecule has 0 atom stereocenters. The SMILES string of the molecule is Cc1cccccc(N(C)C2CCN(C)CC2)nc(-c2ccc([N+](=O)[O-])cc2)n1. The molecule has 1 aromatic heterocycles. The van der Waals surface area contributed by atoms with E-state index >= 15 is 0 Å². The van der Waals surface area contributed by atoms with Crippen LogP contribution in [0.2, 0.25) is 0 Å². The molecule has 2 aromatic rings. The molecule has 1 aliphatic rings. The lowest BCUT2D eigenvalue weighted by Crippen LogP contribution is -2.42. The number of non-ortho nitro benzene ring substituents is 1. The lowest BCUT2D eigenvalue weighted by molar-refractivity contribution is -0.384. The molecule has 7 heteroatoms. The number of nitro groups is 1. The maximum Gasteiger partial charge on any atom is 0.269 e. The molecular weight excluding hydrogens is 366 g/mol. The zero-order valence-electron chi connectivity index (χ0n) is 17.2. The molecule has 0 amide bonds. The molecule has 7 nitrogen and oxygen atoms in total. The molecule has 152 valence electrons. The van der Waals surface area contributed by atoms with Crippen molar-refractivity contribution in [2.24, 2.45) is 0 Å². The number of nitro benzene ring substituents is 1. The average Bonchev–Trinajstić information content (AvgIpc) is 2.72. The molecule has 2 heterocycles. The minimum Gasteiger partial charge on any atom is -0.357 e. The topological polar surface area (TPSA) is 75.4 Å². The van der Waals surface area contributed by atoms with E-state index in [1.807, 2.05) is 37.3 Å². The number of aryl methyl sites for hydroxylation is 1. The van der Waals surface area contributed by atoms with E-state index in [1.54, 1.807) is 12.1 Å². The van der Waals surface area contributed by atoms with Gasteiger partial charge in [-0.2, -0.15) is 0 Å². The summed E-state index contributed by atoms with van der Waals surface area (Å²) in [6, 6.07) is 16.6. The monoisotopic (exact) mass is 393 g/mol. The first-order valence-electron chi connectivity index (χ1n) is 9.79. The first-order valence-corrected chi connectivity index (χ1v) is 9.79. The second kappa shape index (κ2) is 9.43. The number of likely N-dealkylation sites (tertiary alicyclic amines) is 1. The Kier molecular flexibility index (Phi) is 6.72. The summed E-state index contributed by atoms with van der Waals surface area (Å²) in [4.78, 5) is 24.7. The van der Waals surface area contributed by atoms with Crippen LogP contribution in [-0.4, -0.2) is 53.0 Å². The summed E-state index contributed by atoms with van der Waals surface area (Å²) in [7, 11) is 4.22. The molecule has 29 heavy (non-hydrogen) atoms. The molecule has 1 saturated heterocycles. The second-order valence-electron chi connectivity index (χ2n) is 7.41. The summed E-state index contributed by atoms with van der Waals surface area (Å²) < 4.78 is 0. The number of hydrogen-bond donors (Lipinski definition) is 0. The Hall–Kier alpha value is -3.06. The number of hydrogen-bond acceptors (Lipinski definition) is 6. The maximum absolute atomic E-state index is 11.0. The van der Waals surface area contributed by atoms with Crippen LogP contribution in [0.1, 0.15) is 18.5 Å². The van der Waals surface area contributed by atoms with Gasteiger partial charge in [0.15, 0.2) is 5.82 Å². The van der Waals surface area contributed by atoms with Gasteiger partial charge in [-0.1, -0.05) is 18.2 Å². The Balaban J connectivity index is 2.05. The molecular formula is C22H27N5O2. The van der Waals surface area contributed by atoms with E-state index in [0.29, 0.717) is 11.9 Å². The smallest absolute Gasteiger partial charge is 0.269 e. The maximum atomic E-state index is 11.0. The predicted octanol–water partition coefficient (Wildman–Crippen LogP) is 4.02. The molecule has 0 radical (unpaired) electrons. The number of anilines is 1. The van der Waals surface area contributed by atoms with Crippen LogP contribution in [0.4, 0.5) is 11.5 Å². The van der Waals surface area contributed by atoms with Gasteiger partial charge in [-0.3, -0.25) is 10.1 Å². The fourth-order valence-electron chi connectivity index (χ4n) is 3.40. The van der Waals surface area contributed by atoms with Crippen molar-refractivity contribution >= 4 is 11.5 Å². The number of aromatic nitrogens is 2. The number of rotatable bonds is 4. The van der Waals surface area contributed by atoms with Crippen LogP contribution in [0.25, 0.3) is 11.4 Å². The highest BCUT2D eigenvalue weighted by Gasteiger charge is 2.21. The van der Waals surface area contributed by atoms with E-state index in [9.17, 15) is 10.1 Å². The molecule has 1 fully saturated rings. The zero-order valence-corrected chi connectivity index (χ0v) is 17.2. The van der Waals surface area contributed by atoms with Crippen molar-refractivity contribution in [2.75, 3.05) is 32.1 Å². The van der Waals surface area contributed by atoms with Gasteiger partial charge in [-0.05, 0) is 64.2 Å². The Bertz CT molecular complexity index is 907. The largest absolute Gasteiger partial charge is 0.357 e.